The van der Waals surface area contributed by atoms with Gasteiger partial charge in [-0.3, -0.25) is 9.80 Å². The molecule has 2 fully saturated rings. The number of morpholine rings is 1. The second kappa shape index (κ2) is 9.19. The largest absolute Gasteiger partial charge is 0.395 e. The standard InChI is InChI=1S/C20H28N2O2/c23-13-2-1-4-18-6-8-19(9-7-18)16-21-10-3-5-20(17-21)22-11-14-24-15-12-22/h6-9,20,23H,2-3,5,10-17H2. The average molecular weight is 328 g/mol. The first-order valence-electron chi connectivity index (χ1n) is 9.08. The highest BCUT2D eigenvalue weighted by molar-refractivity contribution is 5.36. The van der Waals surface area contributed by atoms with Crippen LogP contribution < -0.4 is 0 Å². The summed E-state index contributed by atoms with van der Waals surface area (Å²) in [6, 6.07) is 9.22. The zero-order valence-electron chi connectivity index (χ0n) is 14.4. The SMILES string of the molecule is OCCC#Cc1ccc(CN2CCCC(N3CCOCC3)C2)cc1. The predicted molar refractivity (Wildman–Crippen MR) is 95.7 cm³/mol. The smallest absolute Gasteiger partial charge is 0.0594 e. The number of hydrogen-bond acceptors (Lipinski definition) is 4. The molecule has 4 heteroatoms. The Labute approximate surface area is 145 Å². The highest BCUT2D eigenvalue weighted by Gasteiger charge is 2.26. The minimum Gasteiger partial charge on any atom is -0.395 e. The molecule has 3 rings (SSSR count). The van der Waals surface area contributed by atoms with Crippen LogP contribution in [0.3, 0.4) is 0 Å². The Morgan fingerprint density at radius 1 is 1.12 bits per heavy atom. The van der Waals surface area contributed by atoms with E-state index in [2.05, 4.69) is 45.9 Å². The summed E-state index contributed by atoms with van der Waals surface area (Å²) in [7, 11) is 0. The molecule has 0 radical (unpaired) electrons. The summed E-state index contributed by atoms with van der Waals surface area (Å²) in [5, 5.41) is 8.77. The number of aliphatic hydroxyl groups is 1. The van der Waals surface area contributed by atoms with Gasteiger partial charge >= 0.3 is 0 Å². The van der Waals surface area contributed by atoms with Crippen LogP contribution in [-0.4, -0.2) is 66.9 Å². The van der Waals surface area contributed by atoms with Crippen LogP contribution >= 0.6 is 0 Å². The van der Waals surface area contributed by atoms with E-state index in [0.717, 1.165) is 45.0 Å². The van der Waals surface area contributed by atoms with Crippen LogP contribution in [0.5, 0.6) is 0 Å². The van der Waals surface area contributed by atoms with Gasteiger partial charge in [0.05, 0.1) is 19.8 Å². The van der Waals surface area contributed by atoms with Gasteiger partial charge in [-0.25, -0.2) is 0 Å². The van der Waals surface area contributed by atoms with E-state index in [9.17, 15) is 0 Å². The molecule has 2 saturated heterocycles. The maximum Gasteiger partial charge on any atom is 0.0594 e. The predicted octanol–water partition coefficient (Wildman–Crippen LogP) is 1.72. The van der Waals surface area contributed by atoms with E-state index in [0.29, 0.717) is 12.5 Å². The first kappa shape index (κ1) is 17.4. The zero-order chi connectivity index (χ0) is 16.6. The van der Waals surface area contributed by atoms with Crippen LogP contribution in [0.25, 0.3) is 0 Å². The van der Waals surface area contributed by atoms with Gasteiger partial charge in [0.1, 0.15) is 0 Å². The van der Waals surface area contributed by atoms with Crippen LogP contribution in [0.2, 0.25) is 0 Å². The van der Waals surface area contributed by atoms with Crippen molar-refractivity contribution >= 4 is 0 Å². The molecule has 130 valence electrons. The van der Waals surface area contributed by atoms with Gasteiger partial charge in [0.25, 0.3) is 0 Å². The monoisotopic (exact) mass is 328 g/mol. The fraction of sp³-hybridized carbons (Fsp3) is 0.600. The normalized spacial score (nSPS) is 22.8. The lowest BCUT2D eigenvalue weighted by Gasteiger charge is -2.40. The van der Waals surface area contributed by atoms with Crippen LogP contribution in [0.1, 0.15) is 30.4 Å². The molecule has 1 aromatic carbocycles. The first-order valence-corrected chi connectivity index (χ1v) is 9.08. The fourth-order valence-electron chi connectivity index (χ4n) is 3.59. The van der Waals surface area contributed by atoms with E-state index >= 15 is 0 Å². The van der Waals surface area contributed by atoms with Crippen LogP contribution in [0.15, 0.2) is 24.3 Å². The Balaban J connectivity index is 1.52. The fourth-order valence-corrected chi connectivity index (χ4v) is 3.59. The molecule has 0 spiro atoms. The molecular formula is C20H28N2O2. The van der Waals surface area contributed by atoms with Gasteiger partial charge in [-0.1, -0.05) is 24.0 Å². The molecule has 0 saturated carbocycles. The van der Waals surface area contributed by atoms with E-state index in [4.69, 9.17) is 9.84 Å². The summed E-state index contributed by atoms with van der Waals surface area (Å²) in [6.07, 6.45) is 3.14. The molecule has 2 aliphatic rings. The number of likely N-dealkylation sites (tertiary alicyclic amines) is 1. The summed E-state index contributed by atoms with van der Waals surface area (Å²) in [5.41, 5.74) is 2.38. The average Bonchev–Trinajstić information content (AvgIpc) is 2.64. The summed E-state index contributed by atoms with van der Waals surface area (Å²) in [5.74, 6) is 6.05. The summed E-state index contributed by atoms with van der Waals surface area (Å²) in [6.45, 7) is 7.44. The van der Waals surface area contributed by atoms with Gasteiger partial charge in [-0.2, -0.15) is 0 Å². The number of benzene rings is 1. The maximum atomic E-state index is 8.77. The van der Waals surface area contributed by atoms with Crippen molar-refractivity contribution in [2.75, 3.05) is 46.0 Å². The second-order valence-electron chi connectivity index (χ2n) is 6.65. The van der Waals surface area contributed by atoms with E-state index in [1.807, 2.05) is 0 Å². The van der Waals surface area contributed by atoms with Gasteiger partial charge in [0.15, 0.2) is 0 Å². The number of hydrogen-bond donors (Lipinski definition) is 1. The molecule has 24 heavy (non-hydrogen) atoms. The topological polar surface area (TPSA) is 35.9 Å². The zero-order valence-corrected chi connectivity index (χ0v) is 14.4. The second-order valence-corrected chi connectivity index (χ2v) is 6.65. The molecule has 1 aromatic rings. The minimum atomic E-state index is 0.129. The Kier molecular flexibility index (Phi) is 6.68. The third kappa shape index (κ3) is 5.06. The van der Waals surface area contributed by atoms with Crippen molar-refractivity contribution in [1.82, 2.24) is 9.80 Å². The van der Waals surface area contributed by atoms with Gasteiger partial charge in [-0.05, 0) is 37.1 Å². The molecule has 1 atom stereocenters. The van der Waals surface area contributed by atoms with Crippen molar-refractivity contribution < 1.29 is 9.84 Å². The number of aliphatic hydroxyl groups excluding tert-OH is 1. The van der Waals surface area contributed by atoms with Gasteiger partial charge in [0, 0.05) is 44.2 Å². The Morgan fingerprint density at radius 3 is 2.67 bits per heavy atom. The van der Waals surface area contributed by atoms with E-state index in [1.165, 1.54) is 24.9 Å². The molecule has 0 bridgehead atoms. The lowest BCUT2D eigenvalue weighted by molar-refractivity contribution is -0.00358. The van der Waals surface area contributed by atoms with Crippen LogP contribution in [-0.2, 0) is 11.3 Å². The van der Waals surface area contributed by atoms with Gasteiger partial charge in [-0.15, -0.1) is 0 Å². The van der Waals surface area contributed by atoms with Crippen LogP contribution in [0.4, 0.5) is 0 Å². The van der Waals surface area contributed by atoms with E-state index in [-0.39, 0.29) is 6.61 Å². The summed E-state index contributed by atoms with van der Waals surface area (Å²) in [4.78, 5) is 5.19. The van der Waals surface area contributed by atoms with Crippen molar-refractivity contribution in [2.24, 2.45) is 0 Å². The molecule has 0 aliphatic carbocycles. The number of piperidine rings is 1. The highest BCUT2D eigenvalue weighted by Crippen LogP contribution is 2.19. The molecule has 2 heterocycles. The van der Waals surface area contributed by atoms with E-state index in [1.54, 1.807) is 0 Å². The van der Waals surface area contributed by atoms with Gasteiger partial charge < -0.3 is 9.84 Å². The third-order valence-electron chi connectivity index (χ3n) is 4.87. The lowest BCUT2D eigenvalue weighted by Crippen LogP contribution is -2.51. The number of ether oxygens (including phenoxy) is 1. The van der Waals surface area contributed by atoms with Crippen molar-refractivity contribution in [3.63, 3.8) is 0 Å². The molecule has 0 aromatic heterocycles. The van der Waals surface area contributed by atoms with Crippen molar-refractivity contribution in [2.45, 2.75) is 31.8 Å². The van der Waals surface area contributed by atoms with Crippen molar-refractivity contribution in [3.05, 3.63) is 35.4 Å². The molecule has 1 unspecified atom stereocenters. The maximum absolute atomic E-state index is 8.77. The molecule has 4 nitrogen and oxygen atoms in total. The Bertz CT molecular complexity index is 555. The summed E-state index contributed by atoms with van der Waals surface area (Å²) >= 11 is 0. The lowest BCUT2D eigenvalue weighted by atomic mass is 10.0. The Hall–Kier alpha value is -1.38. The number of nitrogens with zero attached hydrogens (tertiary/aromatic N) is 2. The van der Waals surface area contributed by atoms with Crippen molar-refractivity contribution in [1.29, 1.82) is 0 Å². The van der Waals surface area contributed by atoms with Crippen molar-refractivity contribution in [3.8, 4) is 11.8 Å². The number of rotatable bonds is 4. The molecule has 2 aliphatic heterocycles. The summed E-state index contributed by atoms with van der Waals surface area (Å²) < 4.78 is 5.48. The quantitative estimate of drug-likeness (QED) is 0.854. The van der Waals surface area contributed by atoms with Crippen LogP contribution in [0, 0.1) is 11.8 Å². The molecule has 0 amide bonds. The van der Waals surface area contributed by atoms with Gasteiger partial charge in [0.2, 0.25) is 0 Å². The molecular weight excluding hydrogens is 300 g/mol. The third-order valence-corrected chi connectivity index (χ3v) is 4.87. The minimum absolute atomic E-state index is 0.129. The first-order chi connectivity index (χ1) is 11.8. The Morgan fingerprint density at radius 2 is 1.92 bits per heavy atom. The van der Waals surface area contributed by atoms with E-state index < -0.39 is 0 Å². The molecule has 1 N–H and O–H groups in total. The highest BCUT2D eigenvalue weighted by atomic mass is 16.5.